The molecule has 14 nitrogen and oxygen atoms in total. The second-order valence-electron chi connectivity index (χ2n) is 3.54. The van der Waals surface area contributed by atoms with Crippen LogP contribution >= 0.6 is 0 Å². The molecule has 0 amide bonds. The molecule has 0 aliphatic rings. The Balaban J connectivity index is -0.0000000516. The van der Waals surface area contributed by atoms with Crippen LogP contribution in [0.25, 0.3) is 0 Å². The van der Waals surface area contributed by atoms with Gasteiger partial charge in [0, 0.05) is 0 Å². The first-order valence-electron chi connectivity index (χ1n) is 4.68. The molecule has 0 aromatic carbocycles. The number of aliphatic hydroxyl groups is 1. The summed E-state index contributed by atoms with van der Waals surface area (Å²) in [5, 5.41) is 34.8. The molecule has 0 aliphatic heterocycles. The van der Waals surface area contributed by atoms with Crippen LogP contribution in [-0.2, 0) is 23.9 Å². The van der Waals surface area contributed by atoms with Gasteiger partial charge in [-0.25, -0.2) is 9.59 Å². The Hall–Kier alpha value is -1.10. The number of carboxylic acids is 3. The van der Waals surface area contributed by atoms with Crippen molar-refractivity contribution in [2.24, 2.45) is 0 Å². The molecule has 1 unspecified atom stereocenters. The van der Waals surface area contributed by atoms with Crippen molar-refractivity contribution in [1.29, 1.82) is 0 Å². The number of hydrogen-bond acceptors (Lipinski definition) is 6. The number of carbonyl (C=O) groups is 4. The van der Waals surface area contributed by atoms with Gasteiger partial charge in [0.25, 0.3) is 0 Å². The molecule has 0 aromatic rings. The van der Waals surface area contributed by atoms with Crippen LogP contribution in [0.15, 0.2) is 0 Å². The number of hydrogen-bond donors (Lipinski definition) is 4. The monoisotopic (exact) mass is 396 g/mol. The van der Waals surface area contributed by atoms with Crippen LogP contribution in [-0.4, -0.2) is 121 Å². The summed E-state index contributed by atoms with van der Waals surface area (Å²) >= 11 is 0. The standard InChI is InChI=1S/C9H12O9.Ca.5H2O.2H/c1-4(10)7(15)18-9(8(16)17,2-5(11)12)3-6(13)14;;;;;;;;/h4,10H,2-3H2,1H3,(H,11,12)(H,13,14)(H,16,17);;5*1H2;;/q;+2;;;;;;2*-1. The Morgan fingerprint density at radius 1 is 0.917 bits per heavy atom. The molecule has 1 atom stereocenters. The number of ether oxygens (including phenoxy) is 1. The molecule has 146 valence electrons. The quantitative estimate of drug-likeness (QED) is 0.235. The van der Waals surface area contributed by atoms with Crippen molar-refractivity contribution in [3.63, 3.8) is 0 Å². The topological polar surface area (TPSA) is 316 Å². The average Bonchev–Trinajstić information content (AvgIpc) is 2.14. The summed E-state index contributed by atoms with van der Waals surface area (Å²) in [6, 6.07) is 0. The molecule has 14 N–H and O–H groups in total. The van der Waals surface area contributed by atoms with E-state index in [1.165, 1.54) is 0 Å². The number of carbonyl (C=O) groups excluding carboxylic acids is 1. The van der Waals surface area contributed by atoms with E-state index in [0.29, 0.717) is 0 Å². The van der Waals surface area contributed by atoms with Gasteiger partial charge < -0.3 is 55.4 Å². The van der Waals surface area contributed by atoms with Crippen molar-refractivity contribution in [2.75, 3.05) is 0 Å². The third-order valence-corrected chi connectivity index (χ3v) is 1.90. The molecule has 0 bridgehead atoms. The summed E-state index contributed by atoms with van der Waals surface area (Å²) in [4.78, 5) is 43.2. The van der Waals surface area contributed by atoms with E-state index >= 15 is 0 Å². The maximum atomic E-state index is 11.1. The van der Waals surface area contributed by atoms with E-state index in [0.717, 1.165) is 6.92 Å². The summed E-state index contributed by atoms with van der Waals surface area (Å²) in [6.07, 6.45) is -4.16. The first kappa shape index (κ1) is 43.4. The predicted octanol–water partition coefficient (Wildman–Crippen LogP) is -5.60. The van der Waals surface area contributed by atoms with Gasteiger partial charge in [-0.1, -0.05) is 0 Å². The van der Waals surface area contributed by atoms with E-state index in [-0.39, 0.29) is 68.0 Å². The Bertz CT molecular complexity index is 375. The third-order valence-electron chi connectivity index (χ3n) is 1.90. The fraction of sp³-hybridized carbons (Fsp3) is 0.556. The van der Waals surface area contributed by atoms with Gasteiger partial charge in [-0.05, 0) is 6.92 Å². The maximum absolute atomic E-state index is 11.1. The zero-order valence-electron chi connectivity index (χ0n) is 14.5. The largest absolute Gasteiger partial charge is 2.00 e. The predicted molar refractivity (Wildman–Crippen MR) is 78.7 cm³/mol. The van der Waals surface area contributed by atoms with Crippen molar-refractivity contribution in [2.45, 2.75) is 31.5 Å². The zero-order valence-corrected chi connectivity index (χ0v) is 14.7. The second-order valence-corrected chi connectivity index (χ2v) is 3.54. The Labute approximate surface area is 167 Å². The Morgan fingerprint density at radius 2 is 1.21 bits per heavy atom. The van der Waals surface area contributed by atoms with Gasteiger partial charge in [0.2, 0.25) is 5.60 Å². The molecular formula is C9H24CaO14. The zero-order chi connectivity index (χ0) is 14.5. The van der Waals surface area contributed by atoms with Crippen molar-refractivity contribution in [3.05, 3.63) is 0 Å². The molecule has 0 rings (SSSR count). The van der Waals surface area contributed by atoms with E-state index in [2.05, 4.69) is 4.74 Å². The van der Waals surface area contributed by atoms with Crippen molar-refractivity contribution < 1.29 is 74.6 Å². The van der Waals surface area contributed by atoms with Crippen LogP contribution in [0.2, 0.25) is 0 Å². The van der Waals surface area contributed by atoms with E-state index in [4.69, 9.17) is 20.4 Å². The molecule has 0 heterocycles. The number of aliphatic hydroxyl groups excluding tert-OH is 1. The minimum Gasteiger partial charge on any atom is -1.00 e. The van der Waals surface area contributed by atoms with E-state index in [9.17, 15) is 19.2 Å². The van der Waals surface area contributed by atoms with Crippen LogP contribution in [0.5, 0.6) is 0 Å². The fourth-order valence-corrected chi connectivity index (χ4v) is 1.10. The summed E-state index contributed by atoms with van der Waals surface area (Å²) < 4.78 is 4.33. The smallest absolute Gasteiger partial charge is 1.00 e. The molecular weight excluding hydrogens is 372 g/mol. The van der Waals surface area contributed by atoms with Crippen LogP contribution in [0, 0.1) is 0 Å². The van der Waals surface area contributed by atoms with Crippen LogP contribution in [0.3, 0.4) is 0 Å². The summed E-state index contributed by atoms with van der Waals surface area (Å²) in [5.74, 6) is -6.64. The minimum absolute atomic E-state index is 0. The van der Waals surface area contributed by atoms with Crippen molar-refractivity contribution >= 4 is 61.6 Å². The van der Waals surface area contributed by atoms with Gasteiger partial charge in [-0.2, -0.15) is 0 Å². The fourth-order valence-electron chi connectivity index (χ4n) is 1.10. The molecule has 0 aliphatic carbocycles. The molecule has 0 spiro atoms. The first-order valence-corrected chi connectivity index (χ1v) is 4.68. The maximum Gasteiger partial charge on any atom is 2.00 e. The van der Waals surface area contributed by atoms with E-state index < -0.39 is 48.4 Å². The minimum atomic E-state index is -2.74. The van der Waals surface area contributed by atoms with Gasteiger partial charge in [0.15, 0.2) is 0 Å². The summed E-state index contributed by atoms with van der Waals surface area (Å²) in [5.41, 5.74) is -2.74. The Kier molecular flexibility index (Phi) is 33.0. The molecule has 0 saturated heterocycles. The number of aliphatic carboxylic acids is 3. The van der Waals surface area contributed by atoms with Crippen LogP contribution in [0.1, 0.15) is 22.6 Å². The van der Waals surface area contributed by atoms with Crippen LogP contribution in [0.4, 0.5) is 0 Å². The molecule has 0 radical (unpaired) electrons. The summed E-state index contributed by atoms with van der Waals surface area (Å²) in [6.45, 7) is 0.969. The Morgan fingerprint density at radius 3 is 1.38 bits per heavy atom. The van der Waals surface area contributed by atoms with E-state index in [1.807, 2.05) is 0 Å². The first-order chi connectivity index (χ1) is 8.10. The van der Waals surface area contributed by atoms with Crippen molar-refractivity contribution in [3.8, 4) is 0 Å². The molecule has 15 heteroatoms. The molecule has 24 heavy (non-hydrogen) atoms. The van der Waals surface area contributed by atoms with Crippen molar-refractivity contribution in [1.82, 2.24) is 0 Å². The van der Waals surface area contributed by atoms with Gasteiger partial charge in [0.1, 0.15) is 6.10 Å². The second kappa shape index (κ2) is 18.2. The molecule has 0 aromatic heterocycles. The molecule has 0 saturated carbocycles. The number of rotatable bonds is 7. The van der Waals surface area contributed by atoms with Gasteiger partial charge in [-0.3, -0.25) is 9.59 Å². The van der Waals surface area contributed by atoms with Gasteiger partial charge in [-0.15, -0.1) is 0 Å². The van der Waals surface area contributed by atoms with Crippen LogP contribution < -0.4 is 0 Å². The number of carboxylic acid groups (broad SMARTS) is 3. The normalized spacial score (nSPS) is 9.42. The SMILES string of the molecule is CC(O)C(=O)OC(CC(=O)O)(CC(=O)O)C(=O)O.O.O.O.O.O.[Ca+2].[H-].[H-]. The van der Waals surface area contributed by atoms with Gasteiger partial charge in [0.05, 0.1) is 12.8 Å². The number of esters is 1. The average molecular weight is 396 g/mol. The third kappa shape index (κ3) is 14.5. The van der Waals surface area contributed by atoms with Gasteiger partial charge >= 0.3 is 61.6 Å². The molecule has 0 fully saturated rings. The van der Waals surface area contributed by atoms with E-state index in [1.54, 1.807) is 0 Å². The summed E-state index contributed by atoms with van der Waals surface area (Å²) in [7, 11) is 0.